The average molecular weight is 116 g/mol. The van der Waals surface area contributed by atoms with Crippen molar-refractivity contribution >= 4 is 0 Å². The normalized spacial score (nSPS) is 8.44. The highest BCUT2D eigenvalue weighted by Crippen LogP contribution is 2.02. The first-order valence-corrected chi connectivity index (χ1v) is 2.72. The van der Waals surface area contributed by atoms with Gasteiger partial charge in [-0.3, -0.25) is 0 Å². The van der Waals surface area contributed by atoms with Crippen LogP contribution in [0.1, 0.15) is 11.1 Å². The third-order valence-electron chi connectivity index (χ3n) is 1.18. The first-order chi connectivity index (χ1) is 4.34. The average Bonchev–Trinajstić information content (AvgIpc) is 1.89. The smallest absolute Gasteiger partial charge is 0.0994 e. The summed E-state index contributed by atoms with van der Waals surface area (Å²) >= 11 is 0. The lowest BCUT2D eigenvalue weighted by Gasteiger charge is -1.90. The number of nitrogens with zero attached hydrogens (tertiary/aromatic N) is 1. The first kappa shape index (κ1) is 5.84. The topological polar surface area (TPSA) is 23.8 Å². The molecule has 0 heterocycles. The Balaban J connectivity index is 3.20. The van der Waals surface area contributed by atoms with Crippen molar-refractivity contribution in [1.29, 1.82) is 5.26 Å². The van der Waals surface area contributed by atoms with Gasteiger partial charge in [-0.05, 0) is 24.6 Å². The Labute approximate surface area is 54.6 Å². The molecule has 0 fully saturated rings. The first-order valence-electron chi connectivity index (χ1n) is 2.72. The van der Waals surface area contributed by atoms with E-state index in [1.165, 1.54) is 0 Å². The van der Waals surface area contributed by atoms with Gasteiger partial charge in [-0.1, -0.05) is 12.1 Å². The maximum absolute atomic E-state index is 8.45. The summed E-state index contributed by atoms with van der Waals surface area (Å²) in [6.45, 7) is 1.87. The van der Waals surface area contributed by atoms with Crippen LogP contribution < -0.4 is 0 Å². The minimum absolute atomic E-state index is 0.706. The second-order valence-electron chi connectivity index (χ2n) is 1.82. The van der Waals surface area contributed by atoms with Gasteiger partial charge < -0.3 is 0 Å². The highest BCUT2D eigenvalue weighted by molar-refractivity contribution is 5.35. The molecule has 1 radical (unpaired) electrons. The maximum atomic E-state index is 8.45. The van der Waals surface area contributed by atoms with Crippen LogP contribution in [-0.4, -0.2) is 0 Å². The van der Waals surface area contributed by atoms with Gasteiger partial charge in [-0.25, -0.2) is 0 Å². The van der Waals surface area contributed by atoms with Gasteiger partial charge >= 0.3 is 0 Å². The summed E-state index contributed by atoms with van der Waals surface area (Å²) in [6.07, 6.45) is 0. The van der Waals surface area contributed by atoms with Crippen molar-refractivity contribution in [3.63, 3.8) is 0 Å². The highest BCUT2D eigenvalue weighted by atomic mass is 14.2. The highest BCUT2D eigenvalue weighted by Gasteiger charge is 1.90. The lowest BCUT2D eigenvalue weighted by Crippen LogP contribution is -1.78. The molecule has 43 valence electrons. The van der Waals surface area contributed by atoms with Crippen molar-refractivity contribution in [1.82, 2.24) is 0 Å². The molecule has 0 bridgehead atoms. The van der Waals surface area contributed by atoms with Crippen LogP contribution in [0, 0.1) is 24.3 Å². The molecule has 0 saturated heterocycles. The molecule has 0 aliphatic rings. The fourth-order valence-electron chi connectivity index (χ4n) is 0.641. The van der Waals surface area contributed by atoms with E-state index in [9.17, 15) is 0 Å². The Morgan fingerprint density at radius 2 is 2.44 bits per heavy atom. The molecular formula is C8H6N. The van der Waals surface area contributed by atoms with Crippen LogP contribution in [0.5, 0.6) is 0 Å². The summed E-state index contributed by atoms with van der Waals surface area (Å²) in [5.74, 6) is 0. The number of aryl methyl sites for hydroxylation is 1. The van der Waals surface area contributed by atoms with Crippen LogP contribution >= 0.6 is 0 Å². The Morgan fingerprint density at radius 3 is 2.89 bits per heavy atom. The molecule has 0 spiro atoms. The zero-order chi connectivity index (χ0) is 6.69. The number of benzene rings is 1. The van der Waals surface area contributed by atoms with E-state index in [4.69, 9.17) is 5.26 Å². The van der Waals surface area contributed by atoms with Crippen molar-refractivity contribution in [3.05, 3.63) is 35.4 Å². The van der Waals surface area contributed by atoms with E-state index in [0.29, 0.717) is 5.56 Å². The zero-order valence-electron chi connectivity index (χ0n) is 5.18. The molecule has 1 aromatic carbocycles. The van der Waals surface area contributed by atoms with Crippen LogP contribution in [0.3, 0.4) is 0 Å². The van der Waals surface area contributed by atoms with Gasteiger partial charge in [0.15, 0.2) is 0 Å². The van der Waals surface area contributed by atoms with Gasteiger partial charge in [0.1, 0.15) is 0 Å². The standard InChI is InChI=1S/C8H6N/c1-7-4-2-3-5-8(7)6-9/h2-3,5H,1H3. The van der Waals surface area contributed by atoms with Crippen molar-refractivity contribution in [2.24, 2.45) is 0 Å². The molecular weight excluding hydrogens is 110 g/mol. The van der Waals surface area contributed by atoms with Crippen LogP contribution in [0.25, 0.3) is 0 Å². The molecule has 0 N–H and O–H groups in total. The summed E-state index contributed by atoms with van der Waals surface area (Å²) in [6, 6.07) is 10.4. The molecule has 0 unspecified atom stereocenters. The lowest BCUT2D eigenvalue weighted by molar-refractivity contribution is 1.39. The lowest BCUT2D eigenvalue weighted by atomic mass is 10.1. The summed E-state index contributed by atoms with van der Waals surface area (Å²) in [5.41, 5.74) is 1.62. The zero-order valence-corrected chi connectivity index (χ0v) is 5.18. The third kappa shape index (κ3) is 1.09. The number of rotatable bonds is 0. The molecule has 1 heteroatoms. The van der Waals surface area contributed by atoms with Crippen molar-refractivity contribution < 1.29 is 0 Å². The second kappa shape index (κ2) is 2.32. The second-order valence-corrected chi connectivity index (χ2v) is 1.82. The predicted molar refractivity (Wildman–Crippen MR) is 34.7 cm³/mol. The van der Waals surface area contributed by atoms with Gasteiger partial charge in [-0.15, -0.1) is 0 Å². The largest absolute Gasteiger partial charge is 0.192 e. The molecule has 0 atom stereocenters. The molecule has 0 saturated carbocycles. The molecule has 1 rings (SSSR count). The Hall–Kier alpha value is -1.29. The molecule has 1 nitrogen and oxygen atoms in total. The summed E-state index contributed by atoms with van der Waals surface area (Å²) in [4.78, 5) is 0. The van der Waals surface area contributed by atoms with Crippen molar-refractivity contribution in [3.8, 4) is 6.07 Å². The van der Waals surface area contributed by atoms with Gasteiger partial charge in [0.2, 0.25) is 0 Å². The van der Waals surface area contributed by atoms with Crippen molar-refractivity contribution in [2.45, 2.75) is 6.92 Å². The van der Waals surface area contributed by atoms with Crippen LogP contribution in [0.2, 0.25) is 0 Å². The van der Waals surface area contributed by atoms with Crippen LogP contribution in [0.15, 0.2) is 18.2 Å². The summed E-state index contributed by atoms with van der Waals surface area (Å²) < 4.78 is 0. The minimum atomic E-state index is 0.706. The minimum Gasteiger partial charge on any atom is -0.192 e. The maximum Gasteiger partial charge on any atom is 0.0994 e. The fourth-order valence-corrected chi connectivity index (χ4v) is 0.641. The number of hydrogen-bond acceptors (Lipinski definition) is 1. The number of hydrogen-bond donors (Lipinski definition) is 0. The summed E-state index contributed by atoms with van der Waals surface area (Å²) in [7, 11) is 0. The van der Waals surface area contributed by atoms with Gasteiger partial charge in [0, 0.05) is 0 Å². The van der Waals surface area contributed by atoms with Crippen LogP contribution in [0.4, 0.5) is 0 Å². The molecule has 1 aromatic rings. The Morgan fingerprint density at radius 1 is 1.67 bits per heavy atom. The van der Waals surface area contributed by atoms with E-state index < -0.39 is 0 Å². The van der Waals surface area contributed by atoms with E-state index in [2.05, 4.69) is 12.1 Å². The van der Waals surface area contributed by atoms with Crippen LogP contribution in [-0.2, 0) is 0 Å². The van der Waals surface area contributed by atoms with E-state index in [-0.39, 0.29) is 0 Å². The predicted octanol–water partition coefficient (Wildman–Crippen LogP) is 1.67. The van der Waals surface area contributed by atoms with Gasteiger partial charge in [-0.2, -0.15) is 5.26 Å². The quantitative estimate of drug-likeness (QED) is 0.505. The van der Waals surface area contributed by atoms with Gasteiger partial charge in [0.05, 0.1) is 11.6 Å². The molecule has 0 amide bonds. The Bertz CT molecular complexity index is 245. The SMILES string of the molecule is Cc1[c]cccc1C#N. The fraction of sp³-hybridized carbons (Fsp3) is 0.125. The summed E-state index contributed by atoms with van der Waals surface area (Å²) in [5, 5.41) is 8.45. The number of nitriles is 1. The van der Waals surface area contributed by atoms with E-state index >= 15 is 0 Å². The van der Waals surface area contributed by atoms with E-state index in [1.54, 1.807) is 12.1 Å². The van der Waals surface area contributed by atoms with Crippen molar-refractivity contribution in [2.75, 3.05) is 0 Å². The van der Waals surface area contributed by atoms with E-state index in [0.717, 1.165) is 5.56 Å². The third-order valence-corrected chi connectivity index (χ3v) is 1.18. The van der Waals surface area contributed by atoms with E-state index in [1.807, 2.05) is 13.0 Å². The molecule has 0 aromatic heterocycles. The monoisotopic (exact) mass is 116 g/mol. The molecule has 0 aliphatic heterocycles. The molecule has 0 aliphatic carbocycles. The van der Waals surface area contributed by atoms with Gasteiger partial charge in [0.25, 0.3) is 0 Å². The molecule has 9 heavy (non-hydrogen) atoms. The Kier molecular flexibility index (Phi) is 1.51.